The predicted octanol–water partition coefficient (Wildman–Crippen LogP) is 0.460. The number of nitrogens with zero attached hydrogens (tertiary/aromatic N) is 2. The van der Waals surface area contributed by atoms with E-state index in [1.165, 1.54) is 0 Å². The van der Waals surface area contributed by atoms with Crippen molar-refractivity contribution >= 4 is 46.1 Å². The minimum absolute atomic E-state index is 0.492. The van der Waals surface area contributed by atoms with Gasteiger partial charge in [0.15, 0.2) is 10.2 Å². The Hall–Kier alpha value is -1.28. The van der Waals surface area contributed by atoms with Crippen molar-refractivity contribution in [2.75, 3.05) is 14.1 Å². The van der Waals surface area contributed by atoms with E-state index in [0.717, 1.165) is 37.1 Å². The Morgan fingerprint density at radius 1 is 0.889 bits per heavy atom. The van der Waals surface area contributed by atoms with Crippen LogP contribution in [0.4, 0.5) is 0 Å². The molecular weight excluding hydrogens is 268 g/mol. The molecule has 1 aliphatic carbocycles. The van der Waals surface area contributed by atoms with Gasteiger partial charge in [0.2, 0.25) is 0 Å². The van der Waals surface area contributed by atoms with Crippen molar-refractivity contribution in [2.45, 2.75) is 25.7 Å². The Kier molecular flexibility index (Phi) is 6.51. The van der Waals surface area contributed by atoms with Crippen LogP contribution < -0.4 is 21.5 Å². The molecule has 0 saturated heterocycles. The molecule has 0 aromatic heterocycles. The van der Waals surface area contributed by atoms with E-state index in [1.54, 1.807) is 14.1 Å². The Morgan fingerprint density at radius 3 is 1.61 bits per heavy atom. The maximum absolute atomic E-state index is 4.97. The monoisotopic (exact) mass is 286 g/mol. The Labute approximate surface area is 118 Å². The van der Waals surface area contributed by atoms with E-state index in [1.807, 2.05) is 0 Å². The molecule has 8 heteroatoms. The summed E-state index contributed by atoms with van der Waals surface area (Å²) in [7, 11) is 3.50. The summed E-state index contributed by atoms with van der Waals surface area (Å²) in [6.45, 7) is 0. The smallest absolute Gasteiger partial charge is 0.186 e. The fraction of sp³-hybridized carbons (Fsp3) is 0.600. The lowest BCUT2D eigenvalue weighted by Gasteiger charge is -2.16. The first-order chi connectivity index (χ1) is 8.67. The lowest BCUT2D eigenvalue weighted by Crippen LogP contribution is -2.34. The summed E-state index contributed by atoms with van der Waals surface area (Å²) in [6.07, 6.45) is 4.02. The Balaban J connectivity index is 2.67. The van der Waals surface area contributed by atoms with Gasteiger partial charge in [0, 0.05) is 14.1 Å². The highest BCUT2D eigenvalue weighted by atomic mass is 32.1. The van der Waals surface area contributed by atoms with E-state index in [-0.39, 0.29) is 0 Å². The maximum atomic E-state index is 4.97. The molecule has 0 spiro atoms. The van der Waals surface area contributed by atoms with Crippen LogP contribution in [0.1, 0.15) is 25.7 Å². The Bertz CT molecular complexity index is 341. The fourth-order valence-electron chi connectivity index (χ4n) is 1.46. The zero-order valence-electron chi connectivity index (χ0n) is 10.5. The van der Waals surface area contributed by atoms with Crippen LogP contribution in [-0.4, -0.2) is 35.7 Å². The van der Waals surface area contributed by atoms with Gasteiger partial charge in [-0.2, -0.15) is 10.2 Å². The van der Waals surface area contributed by atoms with Gasteiger partial charge in [-0.05, 0) is 50.1 Å². The molecule has 0 aromatic rings. The highest BCUT2D eigenvalue weighted by molar-refractivity contribution is 7.80. The van der Waals surface area contributed by atoms with E-state index < -0.39 is 0 Å². The second-order valence-corrected chi connectivity index (χ2v) is 4.52. The maximum Gasteiger partial charge on any atom is 0.186 e. The first kappa shape index (κ1) is 14.8. The average Bonchev–Trinajstić information content (AvgIpc) is 2.42. The summed E-state index contributed by atoms with van der Waals surface area (Å²) in [6, 6.07) is 0. The molecule has 0 amide bonds. The lowest BCUT2D eigenvalue weighted by molar-refractivity contribution is 0.764. The molecule has 0 heterocycles. The molecule has 0 aliphatic heterocycles. The van der Waals surface area contributed by atoms with Crippen molar-refractivity contribution in [1.82, 2.24) is 21.5 Å². The van der Waals surface area contributed by atoms with E-state index in [0.29, 0.717) is 10.2 Å². The first-order valence-electron chi connectivity index (χ1n) is 5.76. The van der Waals surface area contributed by atoms with Gasteiger partial charge in [-0.15, -0.1) is 0 Å². The van der Waals surface area contributed by atoms with Gasteiger partial charge in [0.1, 0.15) is 0 Å². The van der Waals surface area contributed by atoms with Crippen LogP contribution in [0.3, 0.4) is 0 Å². The van der Waals surface area contributed by atoms with Crippen molar-refractivity contribution < 1.29 is 0 Å². The minimum atomic E-state index is 0.492. The highest BCUT2D eigenvalue weighted by Gasteiger charge is 2.15. The van der Waals surface area contributed by atoms with Crippen molar-refractivity contribution in [3.63, 3.8) is 0 Å². The molecule has 100 valence electrons. The molecule has 0 radical (unpaired) electrons. The molecule has 0 unspecified atom stereocenters. The number of hydrogen-bond acceptors (Lipinski definition) is 4. The van der Waals surface area contributed by atoms with Crippen LogP contribution in [0, 0.1) is 0 Å². The van der Waals surface area contributed by atoms with Gasteiger partial charge >= 0.3 is 0 Å². The van der Waals surface area contributed by atoms with Crippen LogP contribution in [0.2, 0.25) is 0 Å². The van der Waals surface area contributed by atoms with Crippen molar-refractivity contribution in [3.8, 4) is 0 Å². The number of hydrazone groups is 2. The van der Waals surface area contributed by atoms with E-state index >= 15 is 0 Å². The summed E-state index contributed by atoms with van der Waals surface area (Å²) in [5.74, 6) is 0. The summed E-state index contributed by atoms with van der Waals surface area (Å²) in [4.78, 5) is 0. The van der Waals surface area contributed by atoms with Crippen molar-refractivity contribution in [1.29, 1.82) is 0 Å². The molecule has 0 atom stereocenters. The van der Waals surface area contributed by atoms with Gasteiger partial charge in [-0.25, -0.2) is 0 Å². The largest absolute Gasteiger partial charge is 0.364 e. The van der Waals surface area contributed by atoms with Gasteiger partial charge in [-0.1, -0.05) is 0 Å². The number of rotatable bonds is 2. The van der Waals surface area contributed by atoms with E-state index in [4.69, 9.17) is 24.4 Å². The molecule has 1 aliphatic rings. The summed E-state index contributed by atoms with van der Waals surface area (Å²) >= 11 is 9.94. The second kappa shape index (κ2) is 7.93. The van der Waals surface area contributed by atoms with Crippen LogP contribution >= 0.6 is 24.4 Å². The zero-order chi connectivity index (χ0) is 13.4. The van der Waals surface area contributed by atoms with Gasteiger partial charge in [-0.3, -0.25) is 10.9 Å². The zero-order valence-corrected chi connectivity index (χ0v) is 12.2. The molecule has 0 aromatic carbocycles. The highest BCUT2D eigenvalue weighted by Crippen LogP contribution is 2.12. The van der Waals surface area contributed by atoms with Crippen LogP contribution in [-0.2, 0) is 0 Å². The third kappa shape index (κ3) is 4.92. The summed E-state index contributed by atoms with van der Waals surface area (Å²) < 4.78 is 0. The SMILES string of the molecule is CNC(=S)N/N=C1/CCCC/C1=N\NC(=S)NC. The van der Waals surface area contributed by atoms with E-state index in [2.05, 4.69) is 31.7 Å². The van der Waals surface area contributed by atoms with Crippen molar-refractivity contribution in [3.05, 3.63) is 0 Å². The van der Waals surface area contributed by atoms with Crippen LogP contribution in [0.5, 0.6) is 0 Å². The standard InChI is InChI=1S/C10H18N6S2/c1-11-9(17)15-13-7-5-3-4-6-8(7)14-16-10(18)12-2/h3-6H2,1-2H3,(H2,11,15,17)(H2,12,16,18)/b13-7-,14-8+. The third-order valence-electron chi connectivity index (χ3n) is 2.45. The fourth-order valence-corrected chi connectivity index (χ4v) is 1.55. The number of thiocarbonyl (C=S) groups is 2. The molecule has 1 rings (SSSR count). The summed E-state index contributed by atoms with van der Waals surface area (Å²) in [5, 5.41) is 15.1. The number of nitrogens with one attached hydrogen (secondary N) is 4. The quantitative estimate of drug-likeness (QED) is 0.437. The minimum Gasteiger partial charge on any atom is -0.364 e. The van der Waals surface area contributed by atoms with Gasteiger partial charge < -0.3 is 10.6 Å². The lowest BCUT2D eigenvalue weighted by atomic mass is 9.96. The molecule has 18 heavy (non-hydrogen) atoms. The normalized spacial score (nSPS) is 19.4. The van der Waals surface area contributed by atoms with Crippen LogP contribution in [0.25, 0.3) is 0 Å². The van der Waals surface area contributed by atoms with Gasteiger partial charge in [0.25, 0.3) is 0 Å². The summed E-state index contributed by atoms with van der Waals surface area (Å²) in [5.41, 5.74) is 7.41. The van der Waals surface area contributed by atoms with E-state index in [9.17, 15) is 0 Å². The average molecular weight is 286 g/mol. The molecule has 0 bridgehead atoms. The molecule has 6 nitrogen and oxygen atoms in total. The molecule has 4 N–H and O–H groups in total. The topological polar surface area (TPSA) is 72.8 Å². The van der Waals surface area contributed by atoms with Crippen molar-refractivity contribution in [2.24, 2.45) is 10.2 Å². The predicted molar refractivity (Wildman–Crippen MR) is 82.9 cm³/mol. The molecule has 1 fully saturated rings. The second-order valence-electron chi connectivity index (χ2n) is 3.71. The Morgan fingerprint density at radius 2 is 1.28 bits per heavy atom. The molecule has 1 saturated carbocycles. The third-order valence-corrected chi connectivity index (χ3v) is 3.04. The van der Waals surface area contributed by atoms with Gasteiger partial charge in [0.05, 0.1) is 11.4 Å². The van der Waals surface area contributed by atoms with Crippen LogP contribution in [0.15, 0.2) is 10.2 Å². The molecular formula is C10H18N6S2. The first-order valence-corrected chi connectivity index (χ1v) is 6.58. The number of hydrogen-bond donors (Lipinski definition) is 4.